The molecule has 1 aliphatic rings. The Balaban J connectivity index is 1.27. The molecule has 0 N–H and O–H groups in total. The number of anilines is 1. The number of para-hydroxylation sites is 1. The lowest BCUT2D eigenvalue weighted by atomic mass is 10.1. The standard InChI is InChI=1S/C28H23Cl2N5O2/c29-22-4-3-5-23(13-22)35-11-10-33(18-28(35)36)17-24-15-32-19-34(24)16-20-8-9-21(14-31)27(12-20)37-26-7-2-1-6-25(26)30/h1-9,12-13,15,19H,10-11,16-18H2. The molecule has 1 aliphatic heterocycles. The average Bonchev–Trinajstić information content (AvgIpc) is 3.32. The topological polar surface area (TPSA) is 74.4 Å². The number of hydrogen-bond donors (Lipinski definition) is 0. The van der Waals surface area contributed by atoms with Gasteiger partial charge < -0.3 is 14.2 Å². The molecule has 0 unspecified atom stereocenters. The van der Waals surface area contributed by atoms with Crippen molar-refractivity contribution >= 4 is 34.8 Å². The maximum absolute atomic E-state index is 12.9. The fraction of sp³-hybridized carbons (Fsp3) is 0.179. The van der Waals surface area contributed by atoms with E-state index in [-0.39, 0.29) is 5.91 Å². The van der Waals surface area contributed by atoms with Gasteiger partial charge in [0.1, 0.15) is 17.6 Å². The summed E-state index contributed by atoms with van der Waals surface area (Å²) in [6.07, 6.45) is 3.59. The predicted octanol–water partition coefficient (Wildman–Crippen LogP) is 5.75. The summed E-state index contributed by atoms with van der Waals surface area (Å²) in [7, 11) is 0. The second-order valence-corrected chi connectivity index (χ2v) is 9.57. The lowest BCUT2D eigenvalue weighted by molar-refractivity contribution is -0.121. The van der Waals surface area contributed by atoms with Crippen LogP contribution in [0.5, 0.6) is 11.5 Å². The number of hydrogen-bond acceptors (Lipinski definition) is 5. The summed E-state index contributed by atoms with van der Waals surface area (Å²) < 4.78 is 8.01. The van der Waals surface area contributed by atoms with Gasteiger partial charge in [-0.25, -0.2) is 4.98 Å². The van der Waals surface area contributed by atoms with Crippen molar-refractivity contribution in [3.63, 3.8) is 0 Å². The van der Waals surface area contributed by atoms with E-state index < -0.39 is 0 Å². The van der Waals surface area contributed by atoms with Crippen LogP contribution in [-0.4, -0.2) is 40.0 Å². The van der Waals surface area contributed by atoms with Crippen LogP contribution in [0.15, 0.2) is 79.3 Å². The highest BCUT2D eigenvalue weighted by atomic mass is 35.5. The Labute approximate surface area is 225 Å². The van der Waals surface area contributed by atoms with E-state index in [1.54, 1.807) is 35.5 Å². The van der Waals surface area contributed by atoms with Crippen LogP contribution in [0.3, 0.4) is 0 Å². The molecule has 0 spiro atoms. The van der Waals surface area contributed by atoms with E-state index >= 15 is 0 Å². The molecule has 37 heavy (non-hydrogen) atoms. The van der Waals surface area contributed by atoms with Gasteiger partial charge in [-0.1, -0.05) is 47.5 Å². The number of imidazole rings is 1. The molecule has 1 saturated heterocycles. The van der Waals surface area contributed by atoms with Crippen LogP contribution in [0.25, 0.3) is 0 Å². The Morgan fingerprint density at radius 2 is 1.84 bits per heavy atom. The molecule has 4 aromatic rings. The van der Waals surface area contributed by atoms with Gasteiger partial charge in [-0.2, -0.15) is 5.26 Å². The molecule has 0 bridgehead atoms. The summed E-state index contributed by atoms with van der Waals surface area (Å²) >= 11 is 12.3. The largest absolute Gasteiger partial charge is 0.454 e. The van der Waals surface area contributed by atoms with Crippen molar-refractivity contribution in [2.75, 3.05) is 24.5 Å². The first-order chi connectivity index (χ1) is 18.0. The van der Waals surface area contributed by atoms with Gasteiger partial charge >= 0.3 is 0 Å². The van der Waals surface area contributed by atoms with Crippen LogP contribution in [0.1, 0.15) is 16.8 Å². The Kier molecular flexibility index (Phi) is 7.42. The van der Waals surface area contributed by atoms with Crippen molar-refractivity contribution in [1.29, 1.82) is 5.26 Å². The van der Waals surface area contributed by atoms with Crippen molar-refractivity contribution < 1.29 is 9.53 Å². The Morgan fingerprint density at radius 1 is 0.973 bits per heavy atom. The SMILES string of the molecule is N#Cc1ccc(Cn2cncc2CN2CCN(c3cccc(Cl)c3)C(=O)C2)cc1Oc1ccccc1Cl. The van der Waals surface area contributed by atoms with Gasteiger partial charge in [-0.15, -0.1) is 0 Å². The number of benzene rings is 3. The Hall–Kier alpha value is -3.83. The van der Waals surface area contributed by atoms with Gasteiger partial charge in [0.05, 0.1) is 29.2 Å². The third-order valence-corrected chi connectivity index (χ3v) is 6.73. The second-order valence-electron chi connectivity index (χ2n) is 8.72. The molecule has 0 radical (unpaired) electrons. The first kappa shape index (κ1) is 24.8. The monoisotopic (exact) mass is 531 g/mol. The molecule has 0 aliphatic carbocycles. The maximum atomic E-state index is 12.9. The molecule has 9 heteroatoms. The number of amides is 1. The van der Waals surface area contributed by atoms with Gasteiger partial charge in [-0.3, -0.25) is 9.69 Å². The lowest BCUT2D eigenvalue weighted by Gasteiger charge is -2.34. The lowest BCUT2D eigenvalue weighted by Crippen LogP contribution is -2.50. The highest BCUT2D eigenvalue weighted by Crippen LogP contribution is 2.31. The molecule has 7 nitrogen and oxygen atoms in total. The van der Waals surface area contributed by atoms with E-state index in [0.717, 1.165) is 23.5 Å². The van der Waals surface area contributed by atoms with Crippen LogP contribution < -0.4 is 9.64 Å². The maximum Gasteiger partial charge on any atom is 0.241 e. The molecular weight excluding hydrogens is 509 g/mol. The van der Waals surface area contributed by atoms with E-state index in [0.29, 0.717) is 53.3 Å². The predicted molar refractivity (Wildman–Crippen MR) is 143 cm³/mol. The van der Waals surface area contributed by atoms with E-state index in [4.69, 9.17) is 27.9 Å². The quantitative estimate of drug-likeness (QED) is 0.303. The molecule has 186 valence electrons. The summed E-state index contributed by atoms with van der Waals surface area (Å²) in [4.78, 5) is 21.1. The summed E-state index contributed by atoms with van der Waals surface area (Å²) in [5.41, 5.74) is 3.17. The second kappa shape index (κ2) is 11.1. The summed E-state index contributed by atoms with van der Waals surface area (Å²) in [5.74, 6) is 0.966. The molecular formula is C28H23Cl2N5O2. The van der Waals surface area contributed by atoms with Crippen molar-refractivity contribution in [3.8, 4) is 17.6 Å². The number of carbonyl (C=O) groups is 1. The molecule has 1 aromatic heterocycles. The molecule has 1 fully saturated rings. The number of ether oxygens (including phenoxy) is 1. The molecule has 0 saturated carbocycles. The van der Waals surface area contributed by atoms with Gasteiger partial charge in [0, 0.05) is 43.1 Å². The smallest absolute Gasteiger partial charge is 0.241 e. The number of halogens is 2. The normalized spacial score (nSPS) is 14.0. The van der Waals surface area contributed by atoms with Gasteiger partial charge in [0.15, 0.2) is 0 Å². The fourth-order valence-electron chi connectivity index (χ4n) is 4.31. The zero-order valence-corrected chi connectivity index (χ0v) is 21.4. The summed E-state index contributed by atoms with van der Waals surface area (Å²) in [6.45, 7) is 2.76. The van der Waals surface area contributed by atoms with Gasteiger partial charge in [-0.05, 0) is 48.0 Å². The minimum absolute atomic E-state index is 0.0352. The van der Waals surface area contributed by atoms with Crippen molar-refractivity contribution in [3.05, 3.63) is 106 Å². The van der Waals surface area contributed by atoms with E-state index in [1.165, 1.54) is 0 Å². The summed E-state index contributed by atoms with van der Waals surface area (Å²) in [5, 5.41) is 10.6. The number of piperazine rings is 1. The Bertz CT molecular complexity index is 1480. The third-order valence-electron chi connectivity index (χ3n) is 6.18. The molecule has 3 aromatic carbocycles. The number of nitrogens with zero attached hydrogens (tertiary/aromatic N) is 5. The number of aromatic nitrogens is 2. The van der Waals surface area contributed by atoms with Gasteiger partial charge in [0.2, 0.25) is 5.91 Å². The highest BCUT2D eigenvalue weighted by molar-refractivity contribution is 6.32. The first-order valence-electron chi connectivity index (χ1n) is 11.7. The molecule has 0 atom stereocenters. The minimum atomic E-state index is 0.0352. The van der Waals surface area contributed by atoms with E-state index in [9.17, 15) is 10.1 Å². The van der Waals surface area contributed by atoms with E-state index in [2.05, 4.69) is 16.0 Å². The Morgan fingerprint density at radius 3 is 2.62 bits per heavy atom. The average molecular weight is 532 g/mol. The number of carbonyl (C=O) groups excluding carboxylic acids is 1. The zero-order valence-electron chi connectivity index (χ0n) is 19.8. The van der Waals surface area contributed by atoms with Crippen molar-refractivity contribution in [1.82, 2.24) is 14.5 Å². The fourth-order valence-corrected chi connectivity index (χ4v) is 4.67. The van der Waals surface area contributed by atoms with Crippen LogP contribution in [0, 0.1) is 11.3 Å². The van der Waals surface area contributed by atoms with Crippen LogP contribution in [0.2, 0.25) is 10.0 Å². The van der Waals surface area contributed by atoms with E-state index in [1.807, 2.05) is 53.2 Å². The molecule has 5 rings (SSSR count). The first-order valence-corrected chi connectivity index (χ1v) is 12.5. The zero-order chi connectivity index (χ0) is 25.8. The minimum Gasteiger partial charge on any atom is -0.454 e. The number of nitriles is 1. The molecule has 2 heterocycles. The van der Waals surface area contributed by atoms with Crippen molar-refractivity contribution in [2.45, 2.75) is 13.1 Å². The van der Waals surface area contributed by atoms with Crippen LogP contribution in [-0.2, 0) is 17.9 Å². The molecule has 1 amide bonds. The number of rotatable bonds is 7. The van der Waals surface area contributed by atoms with Crippen LogP contribution in [0.4, 0.5) is 5.69 Å². The van der Waals surface area contributed by atoms with Gasteiger partial charge in [0.25, 0.3) is 0 Å². The summed E-state index contributed by atoms with van der Waals surface area (Å²) in [6, 6.07) is 22.2. The van der Waals surface area contributed by atoms with Crippen molar-refractivity contribution in [2.24, 2.45) is 0 Å². The van der Waals surface area contributed by atoms with Crippen LogP contribution >= 0.6 is 23.2 Å². The highest BCUT2D eigenvalue weighted by Gasteiger charge is 2.26. The third kappa shape index (κ3) is 5.78.